The second-order valence-corrected chi connectivity index (χ2v) is 5.44. The first-order chi connectivity index (χ1) is 9.97. The molecule has 2 aliphatic heterocycles. The van der Waals surface area contributed by atoms with Gasteiger partial charge in [0.25, 0.3) is 5.91 Å². The van der Waals surface area contributed by atoms with Gasteiger partial charge in [0.1, 0.15) is 11.5 Å². The molecule has 1 aromatic heterocycles. The molecule has 0 radical (unpaired) electrons. The van der Waals surface area contributed by atoms with E-state index in [1.54, 1.807) is 24.8 Å². The minimum atomic E-state index is -0.366. The van der Waals surface area contributed by atoms with Crippen LogP contribution in [0.4, 0.5) is 4.79 Å². The van der Waals surface area contributed by atoms with Crippen LogP contribution in [0.1, 0.15) is 28.3 Å². The third-order valence-electron chi connectivity index (χ3n) is 3.97. The highest BCUT2D eigenvalue weighted by Gasteiger charge is 2.40. The van der Waals surface area contributed by atoms with Crippen LogP contribution in [0.2, 0.25) is 0 Å². The topological polar surface area (TPSA) is 82.9 Å². The van der Waals surface area contributed by atoms with E-state index in [1.807, 2.05) is 0 Å². The lowest BCUT2D eigenvalue weighted by atomic mass is 10.2. The summed E-state index contributed by atoms with van der Waals surface area (Å²) < 4.78 is 5.38. The lowest BCUT2D eigenvalue weighted by Crippen LogP contribution is -2.42. The highest BCUT2D eigenvalue weighted by molar-refractivity contribution is 6.02. The standard InChI is InChI=1S/C14H17N3O4/c1-8-5-11(9(2)21-8)13(19)16-4-3-10(7-16)17-12(18)6-15-14(17)20/h5,10H,3-4,6-7H2,1-2H3,(H,15,20)/t10-/m0/s1. The van der Waals surface area contributed by atoms with E-state index in [4.69, 9.17) is 4.42 Å². The first kappa shape index (κ1) is 13.7. The van der Waals surface area contributed by atoms with Gasteiger partial charge in [0.2, 0.25) is 5.91 Å². The van der Waals surface area contributed by atoms with Crippen molar-refractivity contribution < 1.29 is 18.8 Å². The molecule has 3 heterocycles. The Morgan fingerprint density at radius 3 is 2.71 bits per heavy atom. The lowest BCUT2D eigenvalue weighted by molar-refractivity contribution is -0.126. The Morgan fingerprint density at radius 2 is 2.14 bits per heavy atom. The summed E-state index contributed by atoms with van der Waals surface area (Å²) in [5, 5.41) is 2.50. The summed E-state index contributed by atoms with van der Waals surface area (Å²) in [4.78, 5) is 38.7. The first-order valence-electron chi connectivity index (χ1n) is 6.93. The summed E-state index contributed by atoms with van der Waals surface area (Å²) in [6.07, 6.45) is 0.612. The van der Waals surface area contributed by atoms with E-state index in [1.165, 1.54) is 4.90 Å². The molecule has 2 saturated heterocycles. The number of carbonyl (C=O) groups excluding carboxylic acids is 3. The molecule has 0 spiro atoms. The Balaban J connectivity index is 1.72. The number of hydrogen-bond donors (Lipinski definition) is 1. The largest absolute Gasteiger partial charge is 0.466 e. The summed E-state index contributed by atoms with van der Waals surface area (Å²) in [6, 6.07) is 1.12. The summed E-state index contributed by atoms with van der Waals surface area (Å²) in [5.74, 6) is 0.949. The summed E-state index contributed by atoms with van der Waals surface area (Å²) in [7, 11) is 0. The minimum absolute atomic E-state index is 0.0450. The van der Waals surface area contributed by atoms with Gasteiger partial charge in [0.15, 0.2) is 0 Å². The van der Waals surface area contributed by atoms with E-state index in [0.29, 0.717) is 36.6 Å². The van der Waals surface area contributed by atoms with Crippen LogP contribution in [0.15, 0.2) is 10.5 Å². The Labute approximate surface area is 121 Å². The van der Waals surface area contributed by atoms with Crippen molar-refractivity contribution in [1.29, 1.82) is 0 Å². The Bertz CT molecular complexity index is 606. The van der Waals surface area contributed by atoms with Gasteiger partial charge in [-0.25, -0.2) is 4.79 Å². The minimum Gasteiger partial charge on any atom is -0.466 e. The average Bonchev–Trinajstić information content (AvgIpc) is 3.10. The molecule has 0 aromatic carbocycles. The SMILES string of the molecule is Cc1cc(C(=O)N2CC[C@H](N3C(=O)CNC3=O)C2)c(C)o1. The van der Waals surface area contributed by atoms with Crippen molar-refractivity contribution in [2.75, 3.05) is 19.6 Å². The number of nitrogens with zero attached hydrogens (tertiary/aromatic N) is 2. The van der Waals surface area contributed by atoms with Crippen LogP contribution in [0, 0.1) is 13.8 Å². The van der Waals surface area contributed by atoms with Gasteiger partial charge in [-0.2, -0.15) is 0 Å². The van der Waals surface area contributed by atoms with Crippen LogP contribution >= 0.6 is 0 Å². The Hall–Kier alpha value is -2.31. The molecule has 0 aliphatic carbocycles. The number of rotatable bonds is 2. The molecule has 21 heavy (non-hydrogen) atoms. The third-order valence-corrected chi connectivity index (χ3v) is 3.97. The van der Waals surface area contributed by atoms with Crippen molar-refractivity contribution in [1.82, 2.24) is 15.1 Å². The van der Waals surface area contributed by atoms with Crippen LogP contribution in [0.25, 0.3) is 0 Å². The van der Waals surface area contributed by atoms with Gasteiger partial charge in [-0.3, -0.25) is 14.5 Å². The van der Waals surface area contributed by atoms with Gasteiger partial charge in [0, 0.05) is 13.1 Å². The zero-order chi connectivity index (χ0) is 15.1. The molecule has 112 valence electrons. The van der Waals surface area contributed by atoms with Crippen LogP contribution < -0.4 is 5.32 Å². The van der Waals surface area contributed by atoms with Crippen molar-refractivity contribution >= 4 is 17.8 Å². The Kier molecular flexibility index (Phi) is 3.19. The number of urea groups is 1. The van der Waals surface area contributed by atoms with E-state index >= 15 is 0 Å². The predicted molar refractivity (Wildman–Crippen MR) is 72.7 cm³/mol. The highest BCUT2D eigenvalue weighted by Crippen LogP contribution is 2.22. The van der Waals surface area contributed by atoms with Gasteiger partial charge in [0.05, 0.1) is 18.2 Å². The molecule has 2 aliphatic rings. The first-order valence-corrected chi connectivity index (χ1v) is 6.93. The second-order valence-electron chi connectivity index (χ2n) is 5.44. The van der Waals surface area contributed by atoms with E-state index < -0.39 is 0 Å². The van der Waals surface area contributed by atoms with Crippen LogP contribution in [-0.4, -0.2) is 53.3 Å². The van der Waals surface area contributed by atoms with Gasteiger partial charge >= 0.3 is 6.03 Å². The Morgan fingerprint density at radius 1 is 1.38 bits per heavy atom. The molecule has 1 aromatic rings. The van der Waals surface area contributed by atoms with E-state index in [0.717, 1.165) is 0 Å². The number of likely N-dealkylation sites (tertiary alicyclic amines) is 1. The molecule has 0 bridgehead atoms. The van der Waals surface area contributed by atoms with Crippen molar-refractivity contribution in [3.8, 4) is 0 Å². The van der Waals surface area contributed by atoms with Crippen LogP contribution in [-0.2, 0) is 4.79 Å². The van der Waals surface area contributed by atoms with Gasteiger partial charge in [-0.1, -0.05) is 0 Å². The quantitative estimate of drug-likeness (QED) is 0.812. The molecule has 0 unspecified atom stereocenters. The van der Waals surface area contributed by atoms with Gasteiger partial charge < -0.3 is 14.6 Å². The molecule has 1 N–H and O–H groups in total. The molecule has 7 nitrogen and oxygen atoms in total. The molecule has 7 heteroatoms. The normalized spacial score (nSPS) is 22.1. The maximum Gasteiger partial charge on any atom is 0.324 e. The van der Waals surface area contributed by atoms with E-state index in [9.17, 15) is 14.4 Å². The lowest BCUT2D eigenvalue weighted by Gasteiger charge is -2.21. The number of aryl methyl sites for hydroxylation is 2. The molecule has 0 saturated carbocycles. The maximum absolute atomic E-state index is 12.5. The smallest absolute Gasteiger partial charge is 0.324 e. The molecule has 2 fully saturated rings. The molecular formula is C14H17N3O4. The molecule has 1 atom stereocenters. The average molecular weight is 291 g/mol. The zero-order valence-electron chi connectivity index (χ0n) is 12.0. The fourth-order valence-electron chi connectivity index (χ4n) is 2.95. The third kappa shape index (κ3) is 2.28. The van der Waals surface area contributed by atoms with Gasteiger partial charge in [-0.05, 0) is 26.3 Å². The van der Waals surface area contributed by atoms with Crippen molar-refractivity contribution in [3.63, 3.8) is 0 Å². The summed E-state index contributed by atoms with van der Waals surface area (Å²) >= 11 is 0. The monoisotopic (exact) mass is 291 g/mol. The number of carbonyl (C=O) groups is 3. The van der Waals surface area contributed by atoms with Crippen molar-refractivity contribution in [3.05, 3.63) is 23.2 Å². The van der Waals surface area contributed by atoms with E-state index in [-0.39, 0.29) is 30.4 Å². The number of amides is 4. The number of hydrogen-bond acceptors (Lipinski definition) is 4. The number of nitrogens with one attached hydrogen (secondary N) is 1. The van der Waals surface area contributed by atoms with Crippen LogP contribution in [0.5, 0.6) is 0 Å². The van der Waals surface area contributed by atoms with Crippen molar-refractivity contribution in [2.45, 2.75) is 26.3 Å². The van der Waals surface area contributed by atoms with E-state index in [2.05, 4.69) is 5.32 Å². The highest BCUT2D eigenvalue weighted by atomic mass is 16.3. The number of furan rings is 1. The number of imide groups is 1. The molecular weight excluding hydrogens is 274 g/mol. The predicted octanol–water partition coefficient (Wildman–Crippen LogP) is 0.663. The maximum atomic E-state index is 12.5. The molecule has 4 amide bonds. The van der Waals surface area contributed by atoms with Crippen molar-refractivity contribution in [2.24, 2.45) is 0 Å². The second kappa shape index (κ2) is 4.91. The zero-order valence-corrected chi connectivity index (χ0v) is 12.0. The summed E-state index contributed by atoms with van der Waals surface area (Å²) in [5.41, 5.74) is 0.547. The fraction of sp³-hybridized carbons (Fsp3) is 0.500. The van der Waals surface area contributed by atoms with Gasteiger partial charge in [-0.15, -0.1) is 0 Å². The fourth-order valence-corrected chi connectivity index (χ4v) is 2.95. The summed E-state index contributed by atoms with van der Waals surface area (Å²) in [6.45, 7) is 4.50. The molecule has 3 rings (SSSR count). The van der Waals surface area contributed by atoms with Crippen LogP contribution in [0.3, 0.4) is 0 Å².